The van der Waals surface area contributed by atoms with Crippen LogP contribution in [-0.4, -0.2) is 39.8 Å². The largest absolute Gasteiger partial charge is 0.346 e. The molecule has 2 fully saturated rings. The van der Waals surface area contributed by atoms with E-state index in [0.717, 1.165) is 34.6 Å². The molecule has 2 aliphatic rings. The lowest BCUT2D eigenvalue weighted by atomic mass is 9.96. The summed E-state index contributed by atoms with van der Waals surface area (Å²) in [5.41, 5.74) is 1.98. The minimum atomic E-state index is -0.884. The average Bonchev–Trinajstić information content (AvgIpc) is 3.38. The highest BCUT2D eigenvalue weighted by atomic mass is 32.1. The Kier molecular flexibility index (Phi) is 5.12. The van der Waals surface area contributed by atoms with Crippen molar-refractivity contribution in [3.05, 3.63) is 52.0 Å². The van der Waals surface area contributed by atoms with Gasteiger partial charge in [-0.2, -0.15) is 11.3 Å². The van der Waals surface area contributed by atoms with Crippen LogP contribution in [0.5, 0.6) is 0 Å². The standard InChI is InChI=1S/C21H24N4O3S/c1-13-4-3-8-22-18(13)16(10-14-7-9-29-12-14)23-17(26)11-25-19(27)21(2,15-5-6-15)24-20(25)28/h3-4,7-9,12,15-16H,5-6,10-11H2,1-2H3,(H,23,26)(H,24,28). The van der Waals surface area contributed by atoms with Gasteiger partial charge in [0.05, 0.1) is 11.7 Å². The van der Waals surface area contributed by atoms with E-state index in [9.17, 15) is 14.4 Å². The second kappa shape index (κ2) is 7.59. The first-order chi connectivity index (χ1) is 13.9. The molecule has 2 aromatic heterocycles. The zero-order chi connectivity index (χ0) is 20.6. The third-order valence-electron chi connectivity index (χ3n) is 5.73. The Morgan fingerprint density at radius 2 is 2.21 bits per heavy atom. The van der Waals surface area contributed by atoms with Crippen LogP contribution in [0.3, 0.4) is 0 Å². The van der Waals surface area contributed by atoms with E-state index in [2.05, 4.69) is 15.6 Å². The topological polar surface area (TPSA) is 91.4 Å². The Hall–Kier alpha value is -2.74. The van der Waals surface area contributed by atoms with Crippen molar-refractivity contribution >= 4 is 29.2 Å². The Balaban J connectivity index is 1.49. The average molecular weight is 413 g/mol. The van der Waals surface area contributed by atoms with Crippen molar-refractivity contribution in [2.45, 2.75) is 44.7 Å². The van der Waals surface area contributed by atoms with Crippen molar-refractivity contribution in [3.63, 3.8) is 0 Å². The smallest absolute Gasteiger partial charge is 0.325 e. The van der Waals surface area contributed by atoms with Gasteiger partial charge in [0.15, 0.2) is 0 Å². The summed E-state index contributed by atoms with van der Waals surface area (Å²) in [4.78, 5) is 43.4. The first-order valence-corrected chi connectivity index (χ1v) is 10.7. The summed E-state index contributed by atoms with van der Waals surface area (Å²) in [5.74, 6) is -0.531. The summed E-state index contributed by atoms with van der Waals surface area (Å²) in [6.07, 6.45) is 4.13. The van der Waals surface area contributed by atoms with Gasteiger partial charge in [-0.25, -0.2) is 4.79 Å². The summed E-state index contributed by atoms with van der Waals surface area (Å²) in [5, 5.41) is 9.79. The molecule has 4 amide bonds. The Labute approximate surface area is 173 Å². The summed E-state index contributed by atoms with van der Waals surface area (Å²) >= 11 is 1.60. The number of thiophene rings is 1. The molecule has 2 unspecified atom stereocenters. The normalized spacial score (nSPS) is 22.5. The predicted octanol–water partition coefficient (Wildman–Crippen LogP) is 2.57. The SMILES string of the molecule is Cc1cccnc1C(Cc1ccsc1)NC(=O)CN1C(=O)NC(C)(C2CC2)C1=O. The lowest BCUT2D eigenvalue weighted by molar-refractivity contribution is -0.135. The van der Waals surface area contributed by atoms with Crippen molar-refractivity contribution in [1.29, 1.82) is 0 Å². The first-order valence-electron chi connectivity index (χ1n) is 9.74. The van der Waals surface area contributed by atoms with Crippen LogP contribution in [0.1, 0.15) is 42.6 Å². The van der Waals surface area contributed by atoms with Crippen molar-refractivity contribution < 1.29 is 14.4 Å². The van der Waals surface area contributed by atoms with Crippen LogP contribution in [-0.2, 0) is 16.0 Å². The molecule has 29 heavy (non-hydrogen) atoms. The van der Waals surface area contributed by atoms with E-state index >= 15 is 0 Å². The predicted molar refractivity (Wildman–Crippen MR) is 109 cm³/mol. The van der Waals surface area contributed by atoms with Crippen molar-refractivity contribution in [2.75, 3.05) is 6.54 Å². The minimum Gasteiger partial charge on any atom is -0.346 e. The third kappa shape index (κ3) is 3.89. The lowest BCUT2D eigenvalue weighted by Crippen LogP contribution is -2.47. The van der Waals surface area contributed by atoms with Gasteiger partial charge in [-0.1, -0.05) is 6.07 Å². The van der Waals surface area contributed by atoms with Crippen molar-refractivity contribution in [2.24, 2.45) is 5.92 Å². The summed E-state index contributed by atoms with van der Waals surface area (Å²) in [6.45, 7) is 3.41. The number of imide groups is 1. The van der Waals surface area contributed by atoms with Crippen molar-refractivity contribution in [3.8, 4) is 0 Å². The van der Waals surface area contributed by atoms with Gasteiger partial charge in [0.1, 0.15) is 12.1 Å². The molecule has 4 rings (SSSR count). The highest BCUT2D eigenvalue weighted by Gasteiger charge is 2.56. The summed E-state index contributed by atoms with van der Waals surface area (Å²) in [7, 11) is 0. The van der Waals surface area contributed by atoms with Crippen molar-refractivity contribution in [1.82, 2.24) is 20.5 Å². The Morgan fingerprint density at radius 3 is 2.86 bits per heavy atom. The Morgan fingerprint density at radius 1 is 1.41 bits per heavy atom. The fourth-order valence-corrected chi connectivity index (χ4v) is 4.58. The molecule has 1 aliphatic carbocycles. The summed E-state index contributed by atoms with van der Waals surface area (Å²) in [6, 6.07) is 4.99. The van der Waals surface area contributed by atoms with E-state index in [0.29, 0.717) is 6.42 Å². The van der Waals surface area contributed by atoms with Crippen LogP contribution in [0.25, 0.3) is 0 Å². The number of hydrogen-bond donors (Lipinski definition) is 2. The molecule has 1 aliphatic heterocycles. The molecule has 152 valence electrons. The van der Waals surface area contributed by atoms with Gasteiger partial charge < -0.3 is 10.6 Å². The molecule has 8 heteroatoms. The molecule has 7 nitrogen and oxygen atoms in total. The van der Waals surface area contributed by atoms with Crippen LogP contribution in [0.4, 0.5) is 4.79 Å². The molecule has 0 radical (unpaired) electrons. The van der Waals surface area contributed by atoms with E-state index in [1.54, 1.807) is 24.5 Å². The van der Waals surface area contributed by atoms with E-state index in [1.165, 1.54) is 0 Å². The van der Waals surface area contributed by atoms with Gasteiger partial charge in [-0.3, -0.25) is 19.5 Å². The fraction of sp³-hybridized carbons (Fsp3) is 0.429. The van der Waals surface area contributed by atoms with Crippen LogP contribution in [0.2, 0.25) is 0 Å². The summed E-state index contributed by atoms with van der Waals surface area (Å²) < 4.78 is 0. The molecule has 1 saturated carbocycles. The van der Waals surface area contributed by atoms with Gasteiger partial charge in [-0.05, 0) is 73.0 Å². The van der Waals surface area contributed by atoms with Crippen LogP contribution in [0.15, 0.2) is 35.2 Å². The molecule has 0 spiro atoms. The minimum absolute atomic E-state index is 0.162. The lowest BCUT2D eigenvalue weighted by Gasteiger charge is -2.22. The van der Waals surface area contributed by atoms with Crippen LogP contribution < -0.4 is 10.6 Å². The third-order valence-corrected chi connectivity index (χ3v) is 6.46. The van der Waals surface area contributed by atoms with Crippen LogP contribution >= 0.6 is 11.3 Å². The van der Waals surface area contributed by atoms with E-state index in [-0.39, 0.29) is 30.3 Å². The van der Waals surface area contributed by atoms with Gasteiger partial charge in [0.2, 0.25) is 5.91 Å². The number of carbonyl (C=O) groups excluding carboxylic acids is 3. The Bertz CT molecular complexity index is 941. The number of aryl methyl sites for hydroxylation is 1. The molecule has 2 N–H and O–H groups in total. The van der Waals surface area contributed by atoms with E-state index in [4.69, 9.17) is 0 Å². The van der Waals surface area contributed by atoms with Gasteiger partial charge in [0, 0.05) is 6.20 Å². The molecule has 3 heterocycles. The number of pyridine rings is 1. The number of aromatic nitrogens is 1. The molecular formula is C21H24N4O3S. The number of hydrogen-bond acceptors (Lipinski definition) is 5. The number of amides is 4. The molecular weight excluding hydrogens is 388 g/mol. The van der Waals surface area contributed by atoms with E-state index < -0.39 is 11.6 Å². The zero-order valence-electron chi connectivity index (χ0n) is 16.5. The number of rotatable bonds is 7. The number of urea groups is 1. The maximum atomic E-state index is 12.8. The molecule has 2 atom stereocenters. The second-order valence-corrected chi connectivity index (χ2v) is 8.74. The van der Waals surface area contributed by atoms with Gasteiger partial charge >= 0.3 is 6.03 Å². The van der Waals surface area contributed by atoms with Gasteiger partial charge in [0.25, 0.3) is 5.91 Å². The molecule has 1 saturated heterocycles. The maximum absolute atomic E-state index is 12.8. The monoisotopic (exact) mass is 412 g/mol. The molecule has 0 aromatic carbocycles. The number of nitrogens with zero attached hydrogens (tertiary/aromatic N) is 2. The number of nitrogens with one attached hydrogen (secondary N) is 2. The highest BCUT2D eigenvalue weighted by molar-refractivity contribution is 7.07. The highest BCUT2D eigenvalue weighted by Crippen LogP contribution is 2.42. The quantitative estimate of drug-likeness (QED) is 0.684. The second-order valence-electron chi connectivity index (χ2n) is 7.96. The molecule has 2 aromatic rings. The van der Waals surface area contributed by atoms with Crippen LogP contribution in [0, 0.1) is 12.8 Å². The first kappa shape index (κ1) is 19.6. The fourth-order valence-electron chi connectivity index (χ4n) is 3.90. The van der Waals surface area contributed by atoms with E-state index in [1.807, 2.05) is 35.9 Å². The van der Waals surface area contributed by atoms with Gasteiger partial charge in [-0.15, -0.1) is 0 Å². The molecule has 0 bridgehead atoms. The maximum Gasteiger partial charge on any atom is 0.325 e. The number of carbonyl (C=O) groups is 3. The zero-order valence-corrected chi connectivity index (χ0v) is 17.3.